The number of aromatic nitrogens is 1. The minimum absolute atomic E-state index is 0.0524. The Labute approximate surface area is 213 Å². The quantitative estimate of drug-likeness (QED) is 0.531. The molecule has 2 aromatic rings. The van der Waals surface area contributed by atoms with Crippen molar-refractivity contribution >= 4 is 5.78 Å². The molecule has 0 aliphatic heterocycles. The molecule has 2 fully saturated rings. The molecule has 1 aromatic carbocycles. The summed E-state index contributed by atoms with van der Waals surface area (Å²) in [6.45, 7) is 2.23. The Morgan fingerprint density at radius 1 is 1.08 bits per heavy atom. The fraction of sp³-hybridized carbons (Fsp3) is 0.438. The fourth-order valence-corrected chi connectivity index (χ4v) is 7.96. The van der Waals surface area contributed by atoms with Crippen molar-refractivity contribution in [1.82, 2.24) is 4.98 Å². The van der Waals surface area contributed by atoms with Crippen molar-refractivity contribution in [2.75, 3.05) is 6.61 Å². The van der Waals surface area contributed by atoms with Crippen LogP contribution in [-0.2, 0) is 4.79 Å². The number of benzene rings is 1. The lowest BCUT2D eigenvalue weighted by atomic mass is 9.51. The number of carbonyl (C=O) groups excluding carboxylic acids is 1. The van der Waals surface area contributed by atoms with E-state index in [1.54, 1.807) is 12.3 Å². The minimum atomic E-state index is -0.914. The zero-order valence-corrected chi connectivity index (χ0v) is 21.0. The molecule has 0 amide bonds. The largest absolute Gasteiger partial charge is 0.392 e. The van der Waals surface area contributed by atoms with E-state index in [1.165, 1.54) is 22.3 Å². The standard InChI is InChI=1S/C32H35NO3/c1-31-19-28(22-7-5-21(6-8-22)24-4-2-16-33-20-24)30-26-12-10-25(35)18-23(26)9-11-27(30)29(31)13-15-32(31,36)14-3-17-34/h2-8,14,16,18,20,27-29,34,36H,9-13,15,17,19H2,1H3/b14-3-/t27-,28+,29-,31-,32?/m0/s1. The molecule has 2 saturated carbocycles. The average Bonchev–Trinajstić information content (AvgIpc) is 3.17. The second-order valence-corrected chi connectivity index (χ2v) is 11.4. The molecule has 6 rings (SSSR count). The van der Waals surface area contributed by atoms with E-state index in [0.29, 0.717) is 18.3 Å². The smallest absolute Gasteiger partial charge is 0.156 e. The van der Waals surface area contributed by atoms with E-state index in [-0.39, 0.29) is 23.7 Å². The molecule has 0 bridgehead atoms. The van der Waals surface area contributed by atoms with Crippen molar-refractivity contribution < 1.29 is 15.0 Å². The van der Waals surface area contributed by atoms with Gasteiger partial charge in [-0.05, 0) is 90.3 Å². The molecule has 186 valence electrons. The summed E-state index contributed by atoms with van der Waals surface area (Å²) in [5.74, 6) is 1.29. The van der Waals surface area contributed by atoms with E-state index in [0.717, 1.165) is 49.7 Å². The molecule has 0 saturated heterocycles. The Bertz CT molecular complexity index is 1260. The maximum atomic E-state index is 12.3. The van der Waals surface area contributed by atoms with Crippen LogP contribution in [0.15, 0.2) is 83.7 Å². The summed E-state index contributed by atoms with van der Waals surface area (Å²) < 4.78 is 0. The van der Waals surface area contributed by atoms with Crippen LogP contribution in [0.5, 0.6) is 0 Å². The normalized spacial score (nSPS) is 33.8. The molecule has 2 N–H and O–H groups in total. The summed E-state index contributed by atoms with van der Waals surface area (Å²) in [4.78, 5) is 16.5. The Morgan fingerprint density at radius 3 is 2.67 bits per heavy atom. The number of allylic oxidation sites excluding steroid dienone is 4. The highest BCUT2D eigenvalue weighted by atomic mass is 16.3. The van der Waals surface area contributed by atoms with E-state index in [1.807, 2.05) is 24.4 Å². The summed E-state index contributed by atoms with van der Waals surface area (Å²) in [5.41, 5.74) is 6.57. The number of carbonyl (C=O) groups is 1. The van der Waals surface area contributed by atoms with Crippen LogP contribution >= 0.6 is 0 Å². The number of aliphatic hydroxyl groups is 2. The van der Waals surface area contributed by atoms with E-state index < -0.39 is 5.60 Å². The summed E-state index contributed by atoms with van der Waals surface area (Å²) in [7, 11) is 0. The summed E-state index contributed by atoms with van der Waals surface area (Å²) in [6.07, 6.45) is 15.2. The van der Waals surface area contributed by atoms with Crippen LogP contribution in [0.25, 0.3) is 11.1 Å². The highest BCUT2D eigenvalue weighted by Crippen LogP contribution is 2.67. The van der Waals surface area contributed by atoms with Crippen molar-refractivity contribution in [2.45, 2.75) is 63.4 Å². The van der Waals surface area contributed by atoms with Gasteiger partial charge in [-0.3, -0.25) is 9.78 Å². The maximum Gasteiger partial charge on any atom is 0.156 e. The van der Waals surface area contributed by atoms with Gasteiger partial charge in [0.1, 0.15) is 0 Å². The van der Waals surface area contributed by atoms with Crippen LogP contribution < -0.4 is 0 Å². The maximum absolute atomic E-state index is 12.3. The van der Waals surface area contributed by atoms with Crippen molar-refractivity contribution in [3.63, 3.8) is 0 Å². The molecule has 1 heterocycles. The minimum Gasteiger partial charge on any atom is -0.392 e. The number of hydrogen-bond acceptors (Lipinski definition) is 4. The second-order valence-electron chi connectivity index (χ2n) is 11.4. The molecule has 36 heavy (non-hydrogen) atoms. The predicted molar refractivity (Wildman–Crippen MR) is 141 cm³/mol. The van der Waals surface area contributed by atoms with Crippen LogP contribution in [0.3, 0.4) is 0 Å². The van der Waals surface area contributed by atoms with Gasteiger partial charge >= 0.3 is 0 Å². The number of nitrogens with zero attached hydrogens (tertiary/aromatic N) is 1. The Balaban J connectivity index is 1.47. The Kier molecular flexibility index (Phi) is 5.85. The third-order valence-electron chi connectivity index (χ3n) is 9.76. The number of rotatable bonds is 4. The van der Waals surface area contributed by atoms with Gasteiger partial charge in [0.25, 0.3) is 0 Å². The number of pyridine rings is 1. The zero-order chi connectivity index (χ0) is 24.9. The van der Waals surface area contributed by atoms with Crippen LogP contribution in [0.1, 0.15) is 63.4 Å². The molecule has 0 radical (unpaired) electrons. The van der Waals surface area contributed by atoms with E-state index in [9.17, 15) is 15.0 Å². The predicted octanol–water partition coefficient (Wildman–Crippen LogP) is 5.93. The summed E-state index contributed by atoms with van der Waals surface area (Å²) in [6, 6.07) is 12.9. The first-order valence-electron chi connectivity index (χ1n) is 13.4. The number of hydrogen-bond donors (Lipinski definition) is 2. The molecule has 4 aliphatic rings. The second kappa shape index (κ2) is 8.93. The van der Waals surface area contributed by atoms with Gasteiger partial charge in [-0.25, -0.2) is 0 Å². The van der Waals surface area contributed by atoms with Gasteiger partial charge in [0.2, 0.25) is 0 Å². The molecule has 1 aromatic heterocycles. The first kappa shape index (κ1) is 23.6. The van der Waals surface area contributed by atoms with Gasteiger partial charge in [-0.2, -0.15) is 0 Å². The van der Waals surface area contributed by atoms with Crippen molar-refractivity contribution in [3.8, 4) is 11.1 Å². The summed E-state index contributed by atoms with van der Waals surface area (Å²) >= 11 is 0. The molecule has 4 heteroatoms. The highest BCUT2D eigenvalue weighted by molar-refractivity contribution is 5.93. The van der Waals surface area contributed by atoms with E-state index in [2.05, 4.69) is 42.2 Å². The van der Waals surface area contributed by atoms with Crippen LogP contribution in [0, 0.1) is 17.3 Å². The monoisotopic (exact) mass is 481 g/mol. The molecule has 0 spiro atoms. The topological polar surface area (TPSA) is 70.4 Å². The van der Waals surface area contributed by atoms with Gasteiger partial charge in [0.05, 0.1) is 12.2 Å². The molecule has 5 atom stereocenters. The average molecular weight is 482 g/mol. The number of aliphatic hydroxyl groups excluding tert-OH is 1. The fourth-order valence-electron chi connectivity index (χ4n) is 7.96. The number of fused-ring (bicyclic) bond motifs is 4. The highest BCUT2D eigenvalue weighted by Gasteiger charge is 2.61. The van der Waals surface area contributed by atoms with Gasteiger partial charge in [0.15, 0.2) is 5.78 Å². The Morgan fingerprint density at radius 2 is 1.92 bits per heavy atom. The summed E-state index contributed by atoms with van der Waals surface area (Å²) in [5, 5.41) is 21.4. The van der Waals surface area contributed by atoms with Crippen molar-refractivity contribution in [3.05, 3.63) is 89.3 Å². The molecular formula is C32H35NO3. The molecular weight excluding hydrogens is 446 g/mol. The Hall–Kier alpha value is -2.82. The third-order valence-corrected chi connectivity index (χ3v) is 9.76. The lowest BCUT2D eigenvalue weighted by Crippen LogP contribution is -2.50. The van der Waals surface area contributed by atoms with Gasteiger partial charge in [-0.15, -0.1) is 0 Å². The lowest BCUT2D eigenvalue weighted by molar-refractivity contribution is -0.114. The molecule has 4 aliphatic carbocycles. The first-order valence-corrected chi connectivity index (χ1v) is 13.4. The third kappa shape index (κ3) is 3.65. The van der Waals surface area contributed by atoms with Crippen LogP contribution in [-0.4, -0.2) is 33.2 Å². The van der Waals surface area contributed by atoms with Crippen LogP contribution in [0.4, 0.5) is 0 Å². The zero-order valence-electron chi connectivity index (χ0n) is 21.0. The van der Waals surface area contributed by atoms with E-state index >= 15 is 0 Å². The van der Waals surface area contributed by atoms with Gasteiger partial charge in [0, 0.05) is 30.1 Å². The SMILES string of the molecule is C[C@]12C[C@H](c3ccc(-c4cccnc4)cc3)C3=C4CCC(=O)C=C4CC[C@H]3[C@@H]1CCC2(O)/C=C\CO. The van der Waals surface area contributed by atoms with Gasteiger partial charge < -0.3 is 10.2 Å². The van der Waals surface area contributed by atoms with E-state index in [4.69, 9.17) is 0 Å². The molecule has 4 nitrogen and oxygen atoms in total. The molecule has 1 unspecified atom stereocenters. The van der Waals surface area contributed by atoms with Crippen molar-refractivity contribution in [2.24, 2.45) is 17.3 Å². The van der Waals surface area contributed by atoms with Gasteiger partial charge in [-0.1, -0.05) is 55.0 Å². The number of ketones is 1. The van der Waals surface area contributed by atoms with Crippen LogP contribution in [0.2, 0.25) is 0 Å². The lowest BCUT2D eigenvalue weighted by Gasteiger charge is -2.54. The van der Waals surface area contributed by atoms with Crippen molar-refractivity contribution in [1.29, 1.82) is 0 Å². The first-order chi connectivity index (χ1) is 17.4.